The zero-order valence-electron chi connectivity index (χ0n) is 9.63. The molecule has 0 bridgehead atoms. The van der Waals surface area contributed by atoms with E-state index in [1.165, 1.54) is 0 Å². The van der Waals surface area contributed by atoms with Crippen molar-refractivity contribution in [1.29, 1.82) is 0 Å². The van der Waals surface area contributed by atoms with Crippen LogP contribution >= 0.6 is 0 Å². The maximum absolute atomic E-state index is 8.98. The summed E-state index contributed by atoms with van der Waals surface area (Å²) >= 11 is 0. The summed E-state index contributed by atoms with van der Waals surface area (Å²) in [5.41, 5.74) is 0.914. The van der Waals surface area contributed by atoms with Crippen molar-refractivity contribution in [3.8, 4) is 11.5 Å². The third-order valence-corrected chi connectivity index (χ3v) is 2.63. The van der Waals surface area contributed by atoms with Crippen molar-refractivity contribution in [1.82, 2.24) is 0 Å². The van der Waals surface area contributed by atoms with Crippen LogP contribution in [0.25, 0.3) is 0 Å². The summed E-state index contributed by atoms with van der Waals surface area (Å²) in [6, 6.07) is 5.63. The standard InChI is InChI=1S/C12H17NO4/c14-5-3-13(4-6-15)10-1-2-11-12(9-10)17-8-7-16-11/h1-2,9,14-15H,3-8H2. The molecule has 0 unspecified atom stereocenters. The lowest BCUT2D eigenvalue weighted by atomic mass is 10.2. The second-order valence-corrected chi connectivity index (χ2v) is 3.76. The Hall–Kier alpha value is -1.46. The number of hydrogen-bond donors (Lipinski definition) is 2. The summed E-state index contributed by atoms with van der Waals surface area (Å²) in [6.07, 6.45) is 0. The number of ether oxygens (including phenoxy) is 2. The highest BCUT2D eigenvalue weighted by Gasteiger charge is 2.14. The van der Waals surface area contributed by atoms with E-state index < -0.39 is 0 Å². The Kier molecular flexibility index (Phi) is 4.06. The van der Waals surface area contributed by atoms with Gasteiger partial charge < -0.3 is 24.6 Å². The van der Waals surface area contributed by atoms with Crippen LogP contribution in [0.3, 0.4) is 0 Å². The predicted molar refractivity (Wildman–Crippen MR) is 63.8 cm³/mol. The number of benzene rings is 1. The van der Waals surface area contributed by atoms with Crippen molar-refractivity contribution in [3.05, 3.63) is 18.2 Å². The van der Waals surface area contributed by atoms with Crippen LogP contribution in [-0.2, 0) is 0 Å². The minimum absolute atomic E-state index is 0.0500. The van der Waals surface area contributed by atoms with Gasteiger partial charge in [-0.15, -0.1) is 0 Å². The van der Waals surface area contributed by atoms with E-state index in [1.54, 1.807) is 0 Å². The van der Waals surface area contributed by atoms with E-state index in [4.69, 9.17) is 19.7 Å². The van der Waals surface area contributed by atoms with Crippen LogP contribution in [-0.4, -0.2) is 49.7 Å². The molecule has 0 saturated carbocycles. The van der Waals surface area contributed by atoms with E-state index in [-0.39, 0.29) is 13.2 Å². The summed E-state index contributed by atoms with van der Waals surface area (Å²) in [6.45, 7) is 2.20. The van der Waals surface area contributed by atoms with Gasteiger partial charge in [0.1, 0.15) is 13.2 Å². The first-order valence-corrected chi connectivity index (χ1v) is 5.71. The number of nitrogens with zero attached hydrogens (tertiary/aromatic N) is 1. The van der Waals surface area contributed by atoms with Crippen LogP contribution in [0, 0.1) is 0 Å². The number of fused-ring (bicyclic) bond motifs is 1. The molecule has 0 aromatic heterocycles. The highest BCUT2D eigenvalue weighted by molar-refractivity contribution is 5.56. The van der Waals surface area contributed by atoms with Crippen LogP contribution in [0.4, 0.5) is 5.69 Å². The van der Waals surface area contributed by atoms with Gasteiger partial charge in [0, 0.05) is 24.8 Å². The molecular weight excluding hydrogens is 222 g/mol. The highest BCUT2D eigenvalue weighted by atomic mass is 16.6. The van der Waals surface area contributed by atoms with Gasteiger partial charge >= 0.3 is 0 Å². The van der Waals surface area contributed by atoms with E-state index in [1.807, 2.05) is 23.1 Å². The maximum atomic E-state index is 8.98. The van der Waals surface area contributed by atoms with Gasteiger partial charge in [-0.1, -0.05) is 0 Å². The summed E-state index contributed by atoms with van der Waals surface area (Å²) in [5, 5.41) is 18.0. The van der Waals surface area contributed by atoms with E-state index in [0.29, 0.717) is 26.3 Å². The molecule has 0 saturated heterocycles. The first kappa shape index (κ1) is 12.0. The molecule has 17 heavy (non-hydrogen) atoms. The fourth-order valence-electron chi connectivity index (χ4n) is 1.84. The molecule has 0 aliphatic carbocycles. The Morgan fingerprint density at radius 3 is 2.29 bits per heavy atom. The summed E-state index contributed by atoms with van der Waals surface area (Å²) in [7, 11) is 0. The fourth-order valence-corrected chi connectivity index (χ4v) is 1.84. The normalized spacial score (nSPS) is 13.5. The number of hydrogen-bond acceptors (Lipinski definition) is 5. The first-order chi connectivity index (χ1) is 8.35. The van der Waals surface area contributed by atoms with Crippen molar-refractivity contribution >= 4 is 5.69 Å². The molecular formula is C12H17NO4. The van der Waals surface area contributed by atoms with Crippen LogP contribution in [0.2, 0.25) is 0 Å². The van der Waals surface area contributed by atoms with Gasteiger partial charge in [-0.2, -0.15) is 0 Å². The fraction of sp³-hybridized carbons (Fsp3) is 0.500. The number of anilines is 1. The molecule has 1 aliphatic heterocycles. The second kappa shape index (κ2) is 5.75. The Morgan fingerprint density at radius 2 is 1.65 bits per heavy atom. The van der Waals surface area contributed by atoms with Gasteiger partial charge in [0.15, 0.2) is 11.5 Å². The lowest BCUT2D eigenvalue weighted by Gasteiger charge is -2.25. The molecule has 1 aromatic carbocycles. The topological polar surface area (TPSA) is 62.2 Å². The van der Waals surface area contributed by atoms with Crippen molar-refractivity contribution in [3.63, 3.8) is 0 Å². The molecule has 1 aromatic rings. The lowest BCUT2D eigenvalue weighted by Crippen LogP contribution is -2.29. The molecule has 1 heterocycles. The van der Waals surface area contributed by atoms with E-state index >= 15 is 0 Å². The SMILES string of the molecule is OCCN(CCO)c1ccc2c(c1)OCCO2. The molecule has 94 valence electrons. The largest absolute Gasteiger partial charge is 0.486 e. The third kappa shape index (κ3) is 2.81. The maximum Gasteiger partial charge on any atom is 0.163 e. The Morgan fingerprint density at radius 1 is 1.00 bits per heavy atom. The smallest absolute Gasteiger partial charge is 0.163 e. The molecule has 0 spiro atoms. The van der Waals surface area contributed by atoms with Crippen LogP contribution < -0.4 is 14.4 Å². The molecule has 0 fully saturated rings. The van der Waals surface area contributed by atoms with Gasteiger partial charge in [-0.3, -0.25) is 0 Å². The molecule has 0 amide bonds. The quantitative estimate of drug-likeness (QED) is 0.771. The molecule has 0 atom stereocenters. The minimum atomic E-state index is 0.0500. The van der Waals surface area contributed by atoms with E-state index in [2.05, 4.69) is 0 Å². The summed E-state index contributed by atoms with van der Waals surface area (Å²) in [4.78, 5) is 1.90. The molecule has 0 radical (unpaired) electrons. The molecule has 2 rings (SSSR count). The van der Waals surface area contributed by atoms with E-state index in [0.717, 1.165) is 17.2 Å². The van der Waals surface area contributed by atoms with Crippen LogP contribution in [0.5, 0.6) is 11.5 Å². The molecule has 1 aliphatic rings. The Bertz CT molecular complexity index is 364. The monoisotopic (exact) mass is 239 g/mol. The third-order valence-electron chi connectivity index (χ3n) is 2.63. The number of rotatable bonds is 5. The van der Waals surface area contributed by atoms with Crippen LogP contribution in [0.15, 0.2) is 18.2 Å². The average molecular weight is 239 g/mol. The number of aliphatic hydroxyl groups is 2. The van der Waals surface area contributed by atoms with Crippen molar-refractivity contribution in [2.45, 2.75) is 0 Å². The minimum Gasteiger partial charge on any atom is -0.486 e. The van der Waals surface area contributed by atoms with Crippen molar-refractivity contribution in [2.75, 3.05) is 44.4 Å². The zero-order chi connectivity index (χ0) is 12.1. The number of aliphatic hydroxyl groups excluding tert-OH is 2. The van der Waals surface area contributed by atoms with Gasteiger partial charge in [-0.05, 0) is 12.1 Å². The summed E-state index contributed by atoms with van der Waals surface area (Å²) < 4.78 is 10.9. The highest BCUT2D eigenvalue weighted by Crippen LogP contribution is 2.33. The van der Waals surface area contributed by atoms with E-state index in [9.17, 15) is 0 Å². The lowest BCUT2D eigenvalue weighted by molar-refractivity contribution is 0.171. The van der Waals surface area contributed by atoms with Gasteiger partial charge in [0.2, 0.25) is 0 Å². The first-order valence-electron chi connectivity index (χ1n) is 5.71. The van der Waals surface area contributed by atoms with Crippen molar-refractivity contribution in [2.24, 2.45) is 0 Å². The average Bonchev–Trinajstić information content (AvgIpc) is 2.38. The molecule has 2 N–H and O–H groups in total. The Balaban J connectivity index is 2.18. The summed E-state index contributed by atoms with van der Waals surface area (Å²) in [5.74, 6) is 1.46. The molecule has 5 nitrogen and oxygen atoms in total. The van der Waals surface area contributed by atoms with Gasteiger partial charge in [0.25, 0.3) is 0 Å². The predicted octanol–water partition coefficient (Wildman–Crippen LogP) is 0.249. The molecule has 5 heteroatoms. The van der Waals surface area contributed by atoms with Gasteiger partial charge in [0.05, 0.1) is 13.2 Å². The second-order valence-electron chi connectivity index (χ2n) is 3.76. The zero-order valence-corrected chi connectivity index (χ0v) is 9.63. The van der Waals surface area contributed by atoms with Gasteiger partial charge in [-0.25, -0.2) is 0 Å². The van der Waals surface area contributed by atoms with Crippen LogP contribution in [0.1, 0.15) is 0 Å². The Labute approximate surface area is 100 Å². The van der Waals surface area contributed by atoms with Crippen molar-refractivity contribution < 1.29 is 19.7 Å².